The van der Waals surface area contributed by atoms with E-state index in [1.54, 1.807) is 11.3 Å². The van der Waals surface area contributed by atoms with Crippen LogP contribution in [-0.4, -0.2) is 34.7 Å². The summed E-state index contributed by atoms with van der Waals surface area (Å²) in [6.07, 6.45) is 2.64. The molecule has 0 aliphatic carbocycles. The van der Waals surface area contributed by atoms with Crippen LogP contribution in [0.5, 0.6) is 0 Å². The van der Waals surface area contributed by atoms with Crippen LogP contribution in [0.25, 0.3) is 0 Å². The van der Waals surface area contributed by atoms with E-state index >= 15 is 0 Å². The van der Waals surface area contributed by atoms with Crippen LogP contribution in [-0.2, 0) is 0 Å². The Labute approximate surface area is 134 Å². The Hall–Kier alpha value is -0.980. The summed E-state index contributed by atoms with van der Waals surface area (Å²) in [4.78, 5) is 4.03. The van der Waals surface area contributed by atoms with Gasteiger partial charge < -0.3 is 5.32 Å². The lowest BCUT2D eigenvalue weighted by Gasteiger charge is -2.26. The average Bonchev–Trinajstić information content (AvgIpc) is 3.22. The van der Waals surface area contributed by atoms with Gasteiger partial charge in [0.15, 0.2) is 0 Å². The van der Waals surface area contributed by atoms with Gasteiger partial charge in [0.05, 0.1) is 6.04 Å². The summed E-state index contributed by atoms with van der Waals surface area (Å²) in [5.41, 5.74) is 0. The van der Waals surface area contributed by atoms with Crippen molar-refractivity contribution in [2.24, 2.45) is 0 Å². The second-order valence-electron chi connectivity index (χ2n) is 5.76. The van der Waals surface area contributed by atoms with Gasteiger partial charge in [-0.05, 0) is 37.4 Å². The molecule has 1 unspecified atom stereocenters. The zero-order chi connectivity index (χ0) is 14.7. The van der Waals surface area contributed by atoms with Crippen LogP contribution in [0.1, 0.15) is 48.5 Å². The summed E-state index contributed by atoms with van der Waals surface area (Å²) in [5.74, 6) is 0.449. The Morgan fingerprint density at radius 2 is 2.10 bits per heavy atom. The second-order valence-corrected chi connectivity index (χ2v) is 7.74. The standard InChI is InChI=1S/C15H22N4S2/c1-11(2)14-17-18-15(21-14)16-10-12(13-6-5-9-20-13)19-7-3-4-8-19/h5-6,9,11-12H,3-4,7-8,10H2,1-2H3,(H,16,18). The molecule has 0 radical (unpaired) electrons. The Bertz CT molecular complexity index is 544. The molecule has 0 saturated carbocycles. The maximum absolute atomic E-state index is 4.26. The van der Waals surface area contributed by atoms with Crippen LogP contribution < -0.4 is 5.32 Å². The molecule has 1 atom stereocenters. The van der Waals surface area contributed by atoms with Crippen molar-refractivity contribution in [3.63, 3.8) is 0 Å². The van der Waals surface area contributed by atoms with Crippen molar-refractivity contribution in [2.75, 3.05) is 25.0 Å². The van der Waals surface area contributed by atoms with E-state index in [4.69, 9.17) is 0 Å². The Kier molecular flexibility index (Phi) is 4.87. The van der Waals surface area contributed by atoms with Gasteiger partial charge in [0.2, 0.25) is 5.13 Å². The molecule has 2 aromatic heterocycles. The number of nitrogens with zero attached hydrogens (tertiary/aromatic N) is 3. The van der Waals surface area contributed by atoms with Gasteiger partial charge in [-0.2, -0.15) is 0 Å². The lowest BCUT2D eigenvalue weighted by atomic mass is 10.2. The zero-order valence-electron chi connectivity index (χ0n) is 12.6. The average molecular weight is 323 g/mol. The number of aromatic nitrogens is 2. The maximum Gasteiger partial charge on any atom is 0.205 e. The van der Waals surface area contributed by atoms with Crippen LogP contribution in [0.2, 0.25) is 0 Å². The number of likely N-dealkylation sites (tertiary alicyclic amines) is 1. The first-order chi connectivity index (χ1) is 10.2. The van der Waals surface area contributed by atoms with Crippen molar-refractivity contribution >= 4 is 27.8 Å². The predicted molar refractivity (Wildman–Crippen MR) is 90.4 cm³/mol. The maximum atomic E-state index is 4.26. The van der Waals surface area contributed by atoms with E-state index in [9.17, 15) is 0 Å². The molecule has 0 amide bonds. The summed E-state index contributed by atoms with van der Waals surface area (Å²) in [6.45, 7) is 7.63. The van der Waals surface area contributed by atoms with Gasteiger partial charge in [-0.25, -0.2) is 0 Å². The molecule has 0 aromatic carbocycles. The van der Waals surface area contributed by atoms with Gasteiger partial charge in [-0.1, -0.05) is 31.3 Å². The number of thiophene rings is 1. The first-order valence-corrected chi connectivity index (χ1v) is 9.28. The van der Waals surface area contributed by atoms with Crippen LogP contribution in [0.3, 0.4) is 0 Å². The highest BCUT2D eigenvalue weighted by atomic mass is 32.1. The van der Waals surface area contributed by atoms with Gasteiger partial charge in [-0.3, -0.25) is 4.90 Å². The van der Waals surface area contributed by atoms with Crippen molar-refractivity contribution in [3.8, 4) is 0 Å². The van der Waals surface area contributed by atoms with E-state index in [2.05, 4.69) is 51.8 Å². The molecule has 2 aromatic rings. The highest BCUT2D eigenvalue weighted by Crippen LogP contribution is 2.29. The van der Waals surface area contributed by atoms with Crippen LogP contribution >= 0.6 is 22.7 Å². The van der Waals surface area contributed by atoms with Crippen LogP contribution in [0, 0.1) is 0 Å². The third kappa shape index (κ3) is 3.62. The van der Waals surface area contributed by atoms with Crippen molar-refractivity contribution in [2.45, 2.75) is 38.6 Å². The smallest absolute Gasteiger partial charge is 0.205 e. The summed E-state index contributed by atoms with van der Waals surface area (Å²) in [6, 6.07) is 4.85. The molecule has 4 nitrogen and oxygen atoms in total. The molecular weight excluding hydrogens is 300 g/mol. The van der Waals surface area contributed by atoms with Gasteiger partial charge in [-0.15, -0.1) is 21.5 Å². The lowest BCUT2D eigenvalue weighted by molar-refractivity contribution is 0.259. The molecular formula is C15H22N4S2. The number of nitrogens with one attached hydrogen (secondary N) is 1. The quantitative estimate of drug-likeness (QED) is 0.873. The molecule has 1 fully saturated rings. The van der Waals surface area contributed by atoms with Crippen LogP contribution in [0.4, 0.5) is 5.13 Å². The van der Waals surface area contributed by atoms with Gasteiger partial charge >= 0.3 is 0 Å². The fourth-order valence-electron chi connectivity index (χ4n) is 2.67. The SMILES string of the molecule is CC(C)c1nnc(NCC(c2cccs2)N2CCCC2)s1. The zero-order valence-corrected chi connectivity index (χ0v) is 14.2. The number of hydrogen-bond acceptors (Lipinski definition) is 6. The molecule has 1 N–H and O–H groups in total. The Balaban J connectivity index is 1.66. The Morgan fingerprint density at radius 3 is 2.71 bits per heavy atom. The number of hydrogen-bond donors (Lipinski definition) is 1. The predicted octanol–water partition coefficient (Wildman–Crippen LogP) is 3.97. The second kappa shape index (κ2) is 6.85. The number of rotatable bonds is 6. The minimum absolute atomic E-state index is 0.449. The van der Waals surface area contributed by atoms with Crippen molar-refractivity contribution < 1.29 is 0 Å². The molecule has 21 heavy (non-hydrogen) atoms. The molecule has 3 rings (SSSR count). The number of anilines is 1. The van der Waals surface area contributed by atoms with Crippen LogP contribution in [0.15, 0.2) is 17.5 Å². The molecule has 1 aliphatic heterocycles. The minimum atomic E-state index is 0.449. The monoisotopic (exact) mass is 322 g/mol. The van der Waals surface area contributed by atoms with E-state index in [1.165, 1.54) is 30.8 Å². The highest BCUT2D eigenvalue weighted by molar-refractivity contribution is 7.15. The summed E-state index contributed by atoms with van der Waals surface area (Å²) < 4.78 is 0. The topological polar surface area (TPSA) is 41.1 Å². The largest absolute Gasteiger partial charge is 0.358 e. The summed E-state index contributed by atoms with van der Waals surface area (Å²) in [5, 5.41) is 16.2. The van der Waals surface area contributed by atoms with Crippen molar-refractivity contribution in [3.05, 3.63) is 27.4 Å². The highest BCUT2D eigenvalue weighted by Gasteiger charge is 2.24. The third-order valence-corrected chi connectivity index (χ3v) is 5.99. The van der Waals surface area contributed by atoms with E-state index in [-0.39, 0.29) is 0 Å². The molecule has 0 spiro atoms. The molecule has 0 bridgehead atoms. The molecule has 3 heterocycles. The Morgan fingerprint density at radius 1 is 1.29 bits per heavy atom. The van der Waals surface area contributed by atoms with Gasteiger partial charge in [0.25, 0.3) is 0 Å². The van der Waals surface area contributed by atoms with Crippen molar-refractivity contribution in [1.82, 2.24) is 15.1 Å². The summed E-state index contributed by atoms with van der Waals surface area (Å²) in [7, 11) is 0. The molecule has 1 aliphatic rings. The normalized spacial score (nSPS) is 17.5. The third-order valence-electron chi connectivity index (χ3n) is 3.83. The van der Waals surface area contributed by atoms with Gasteiger partial charge in [0.1, 0.15) is 5.01 Å². The molecule has 114 valence electrons. The van der Waals surface area contributed by atoms with E-state index in [0.717, 1.165) is 16.7 Å². The summed E-state index contributed by atoms with van der Waals surface area (Å²) >= 11 is 3.52. The molecule has 1 saturated heterocycles. The fourth-order valence-corrected chi connectivity index (χ4v) is 4.28. The van der Waals surface area contributed by atoms with E-state index < -0.39 is 0 Å². The van der Waals surface area contributed by atoms with Gasteiger partial charge in [0, 0.05) is 17.3 Å². The van der Waals surface area contributed by atoms with E-state index in [1.807, 2.05) is 11.3 Å². The van der Waals surface area contributed by atoms with Crippen molar-refractivity contribution in [1.29, 1.82) is 0 Å². The van der Waals surface area contributed by atoms with E-state index in [0.29, 0.717) is 12.0 Å². The first kappa shape index (κ1) is 14.9. The lowest BCUT2D eigenvalue weighted by Crippen LogP contribution is -2.30. The first-order valence-electron chi connectivity index (χ1n) is 7.59. The minimum Gasteiger partial charge on any atom is -0.358 e. The molecule has 6 heteroatoms. The fraction of sp³-hybridized carbons (Fsp3) is 0.600.